The molecule has 3 N–H and O–H groups in total. The topological polar surface area (TPSA) is 100 Å². The van der Waals surface area contributed by atoms with E-state index < -0.39 is 16.1 Å². The second-order valence-electron chi connectivity index (χ2n) is 7.76. The Morgan fingerprint density at radius 1 is 1.10 bits per heavy atom. The number of quaternary nitrogens is 1. The molecule has 0 unspecified atom stereocenters. The predicted molar refractivity (Wildman–Crippen MR) is 114 cm³/mol. The number of benzene rings is 1. The zero-order chi connectivity index (χ0) is 21.7. The Bertz CT molecular complexity index is 883. The Hall–Kier alpha value is -1.39. The molecule has 2 aliphatic rings. The summed E-state index contributed by atoms with van der Waals surface area (Å²) in [6, 6.07) is 4.01. The lowest BCUT2D eigenvalue weighted by molar-refractivity contribution is -0.895. The van der Waals surface area contributed by atoms with Gasteiger partial charge in [0.15, 0.2) is 6.54 Å². The summed E-state index contributed by atoms with van der Waals surface area (Å²) in [7, 11) is -3.76. The van der Waals surface area contributed by atoms with Crippen molar-refractivity contribution < 1.29 is 22.9 Å². The van der Waals surface area contributed by atoms with Crippen molar-refractivity contribution in [2.75, 3.05) is 32.7 Å². The molecule has 0 spiro atoms. The molecule has 0 atom stereocenters. The van der Waals surface area contributed by atoms with E-state index in [1.54, 1.807) is 0 Å². The van der Waals surface area contributed by atoms with Crippen LogP contribution in [0.25, 0.3) is 0 Å². The standard InChI is InChI=1S/C19H26Cl2N4O4S/c20-14-6-7-16(21)17(12-14)30(28,29)25-10-8-24(9-11-25)13-18(26)23-19(27)22-15-4-2-1-3-5-15/h6-7,12,15H,1-5,8-11,13H2,(H2,22,23,26,27)/p+1. The zero-order valence-corrected chi connectivity index (χ0v) is 19.0. The van der Waals surface area contributed by atoms with E-state index in [0.29, 0.717) is 18.1 Å². The monoisotopic (exact) mass is 477 g/mol. The number of piperazine rings is 1. The molecule has 1 aliphatic carbocycles. The van der Waals surface area contributed by atoms with Crippen molar-refractivity contribution in [2.24, 2.45) is 0 Å². The molecule has 1 aromatic carbocycles. The number of rotatable bonds is 5. The first-order valence-electron chi connectivity index (χ1n) is 10.1. The molecule has 8 nitrogen and oxygen atoms in total. The van der Waals surface area contributed by atoms with Crippen LogP contribution in [0, 0.1) is 0 Å². The van der Waals surface area contributed by atoms with Gasteiger partial charge in [-0.3, -0.25) is 10.1 Å². The van der Waals surface area contributed by atoms with Crippen LogP contribution in [0.1, 0.15) is 32.1 Å². The normalized spacial score (nSPS) is 19.4. The summed E-state index contributed by atoms with van der Waals surface area (Å²) in [6.07, 6.45) is 5.26. The smallest absolute Gasteiger partial charge is 0.321 e. The van der Waals surface area contributed by atoms with E-state index in [2.05, 4.69) is 10.6 Å². The van der Waals surface area contributed by atoms with Crippen LogP contribution in [0.4, 0.5) is 4.79 Å². The first kappa shape index (κ1) is 23.3. The fourth-order valence-electron chi connectivity index (χ4n) is 3.90. The maximum atomic E-state index is 12.9. The van der Waals surface area contributed by atoms with Gasteiger partial charge in [0.2, 0.25) is 10.0 Å². The van der Waals surface area contributed by atoms with Gasteiger partial charge in [0.25, 0.3) is 5.91 Å². The molecule has 166 valence electrons. The molecular weight excluding hydrogens is 451 g/mol. The number of sulfonamides is 1. The first-order chi connectivity index (χ1) is 14.3. The molecule has 11 heteroatoms. The number of carbonyl (C=O) groups excluding carboxylic acids is 2. The van der Waals surface area contributed by atoms with E-state index in [1.165, 1.54) is 28.9 Å². The van der Waals surface area contributed by atoms with Gasteiger partial charge in [-0.15, -0.1) is 0 Å². The first-order valence-corrected chi connectivity index (χ1v) is 12.3. The van der Waals surface area contributed by atoms with Crippen molar-refractivity contribution in [1.82, 2.24) is 14.9 Å². The molecule has 1 aromatic rings. The van der Waals surface area contributed by atoms with Crippen molar-refractivity contribution in [3.8, 4) is 0 Å². The Morgan fingerprint density at radius 2 is 1.77 bits per heavy atom. The number of urea groups is 1. The van der Waals surface area contributed by atoms with Crippen LogP contribution in [0.2, 0.25) is 10.0 Å². The minimum atomic E-state index is -3.76. The fraction of sp³-hybridized carbons (Fsp3) is 0.579. The van der Waals surface area contributed by atoms with Gasteiger partial charge in [0, 0.05) is 11.1 Å². The zero-order valence-electron chi connectivity index (χ0n) is 16.6. The summed E-state index contributed by atoms with van der Waals surface area (Å²) in [6.45, 7) is 1.53. The number of amides is 3. The highest BCUT2D eigenvalue weighted by atomic mass is 35.5. The average Bonchev–Trinajstić information content (AvgIpc) is 2.70. The summed E-state index contributed by atoms with van der Waals surface area (Å²) in [5.74, 6) is -0.368. The third kappa shape index (κ3) is 6.07. The average molecular weight is 478 g/mol. The Balaban J connectivity index is 1.47. The third-order valence-electron chi connectivity index (χ3n) is 5.54. The predicted octanol–water partition coefficient (Wildman–Crippen LogP) is 1.04. The number of hydrogen-bond acceptors (Lipinski definition) is 4. The van der Waals surface area contributed by atoms with E-state index >= 15 is 0 Å². The lowest BCUT2D eigenvalue weighted by Crippen LogP contribution is -3.15. The van der Waals surface area contributed by atoms with E-state index in [0.717, 1.165) is 30.6 Å². The SMILES string of the molecule is O=C(C[NH+]1CCN(S(=O)(=O)c2cc(Cl)ccc2Cl)CC1)NC(=O)NC1CCCCC1. The van der Waals surface area contributed by atoms with Gasteiger partial charge < -0.3 is 10.2 Å². The van der Waals surface area contributed by atoms with E-state index in [1.807, 2.05) is 0 Å². The molecule has 0 aromatic heterocycles. The second kappa shape index (κ2) is 10.3. The maximum absolute atomic E-state index is 12.9. The fourth-order valence-corrected chi connectivity index (χ4v) is 6.08. The lowest BCUT2D eigenvalue weighted by Gasteiger charge is -2.31. The number of hydrogen-bond donors (Lipinski definition) is 3. The Labute approximate surface area is 186 Å². The number of nitrogens with one attached hydrogen (secondary N) is 3. The Kier molecular flexibility index (Phi) is 7.98. The van der Waals surface area contributed by atoms with Gasteiger partial charge in [-0.1, -0.05) is 42.5 Å². The summed E-state index contributed by atoms with van der Waals surface area (Å²) in [5.41, 5.74) is 0. The van der Waals surface area contributed by atoms with Crippen LogP contribution < -0.4 is 15.5 Å². The highest BCUT2D eigenvalue weighted by molar-refractivity contribution is 7.89. The highest BCUT2D eigenvalue weighted by Crippen LogP contribution is 2.27. The summed E-state index contributed by atoms with van der Waals surface area (Å²) >= 11 is 12.0. The van der Waals surface area contributed by atoms with E-state index in [4.69, 9.17) is 23.2 Å². The van der Waals surface area contributed by atoms with Crippen molar-refractivity contribution in [1.29, 1.82) is 0 Å². The van der Waals surface area contributed by atoms with Crippen LogP contribution in [0.5, 0.6) is 0 Å². The maximum Gasteiger partial charge on any atom is 0.321 e. The van der Waals surface area contributed by atoms with E-state index in [-0.39, 0.29) is 41.5 Å². The molecule has 30 heavy (non-hydrogen) atoms. The van der Waals surface area contributed by atoms with Crippen molar-refractivity contribution in [2.45, 2.75) is 43.0 Å². The molecule has 0 radical (unpaired) electrons. The molecule has 1 saturated heterocycles. The third-order valence-corrected chi connectivity index (χ3v) is 8.16. The van der Waals surface area contributed by atoms with Gasteiger partial charge in [0.1, 0.15) is 4.90 Å². The molecule has 3 rings (SSSR count). The highest BCUT2D eigenvalue weighted by Gasteiger charge is 2.32. The summed E-state index contributed by atoms with van der Waals surface area (Å²) < 4.78 is 27.1. The van der Waals surface area contributed by atoms with Crippen LogP contribution in [-0.4, -0.2) is 63.4 Å². The molecule has 0 bridgehead atoms. The van der Waals surface area contributed by atoms with Crippen LogP contribution >= 0.6 is 23.2 Å². The van der Waals surface area contributed by atoms with Crippen LogP contribution in [0.3, 0.4) is 0 Å². The second-order valence-corrected chi connectivity index (χ2v) is 10.5. The lowest BCUT2D eigenvalue weighted by atomic mass is 9.96. The van der Waals surface area contributed by atoms with Crippen molar-refractivity contribution in [3.63, 3.8) is 0 Å². The molecule has 1 saturated carbocycles. The molecule has 2 fully saturated rings. The van der Waals surface area contributed by atoms with Gasteiger partial charge in [-0.05, 0) is 31.0 Å². The number of halogens is 2. The van der Waals surface area contributed by atoms with Crippen molar-refractivity contribution in [3.05, 3.63) is 28.2 Å². The minimum Gasteiger partial charge on any atom is -0.335 e. The molecule has 1 heterocycles. The van der Waals surface area contributed by atoms with Crippen LogP contribution in [0.15, 0.2) is 23.1 Å². The largest absolute Gasteiger partial charge is 0.335 e. The van der Waals surface area contributed by atoms with E-state index in [9.17, 15) is 18.0 Å². The number of nitrogens with zero attached hydrogens (tertiary/aromatic N) is 1. The number of imide groups is 1. The van der Waals surface area contributed by atoms with Crippen LogP contribution in [-0.2, 0) is 14.8 Å². The van der Waals surface area contributed by atoms with Gasteiger partial charge in [0.05, 0.1) is 31.2 Å². The summed E-state index contributed by atoms with van der Waals surface area (Å²) in [4.78, 5) is 25.1. The quantitative estimate of drug-likeness (QED) is 0.589. The number of carbonyl (C=O) groups is 2. The van der Waals surface area contributed by atoms with Gasteiger partial charge in [-0.25, -0.2) is 13.2 Å². The minimum absolute atomic E-state index is 0.0164. The van der Waals surface area contributed by atoms with Gasteiger partial charge >= 0.3 is 6.03 Å². The van der Waals surface area contributed by atoms with Crippen molar-refractivity contribution >= 4 is 45.2 Å². The Morgan fingerprint density at radius 3 is 2.43 bits per heavy atom. The van der Waals surface area contributed by atoms with Gasteiger partial charge in [-0.2, -0.15) is 4.31 Å². The summed E-state index contributed by atoms with van der Waals surface area (Å²) in [5, 5.41) is 5.65. The molecule has 3 amide bonds. The molecular formula is C19H27Cl2N4O4S+. The molecule has 1 aliphatic heterocycles.